The first-order valence-electron chi connectivity index (χ1n) is 8.27. The number of hydrogen-bond acceptors (Lipinski definition) is 3. The van der Waals surface area contributed by atoms with Gasteiger partial charge in [0.1, 0.15) is 13.7 Å². The number of ether oxygens (including phenoxy) is 1. The van der Waals surface area contributed by atoms with E-state index >= 15 is 0 Å². The SMILES string of the molecule is C=C(C)NCCN(C(=O)OC(C)(C)C)C(C#C[Si](C)(C)C)CC. The molecule has 1 atom stereocenters. The van der Waals surface area contributed by atoms with Crippen molar-refractivity contribution in [2.24, 2.45) is 0 Å². The summed E-state index contributed by atoms with van der Waals surface area (Å²) < 4.78 is 5.55. The zero-order valence-corrected chi connectivity index (χ0v) is 17.2. The molecule has 0 aliphatic carbocycles. The number of rotatable bonds is 6. The second-order valence-electron chi connectivity index (χ2n) is 7.82. The maximum Gasteiger partial charge on any atom is 0.411 e. The van der Waals surface area contributed by atoms with Gasteiger partial charge in [0.15, 0.2) is 0 Å². The van der Waals surface area contributed by atoms with Gasteiger partial charge in [0.2, 0.25) is 0 Å². The van der Waals surface area contributed by atoms with Crippen molar-refractivity contribution in [1.82, 2.24) is 10.2 Å². The van der Waals surface area contributed by atoms with Crippen molar-refractivity contribution < 1.29 is 9.53 Å². The van der Waals surface area contributed by atoms with Gasteiger partial charge in [0, 0.05) is 18.8 Å². The molecular weight excluding hydrogens is 304 g/mol. The molecule has 0 bridgehead atoms. The Labute approximate surface area is 143 Å². The van der Waals surface area contributed by atoms with Gasteiger partial charge in [-0.2, -0.15) is 0 Å². The van der Waals surface area contributed by atoms with Crippen LogP contribution in [0.3, 0.4) is 0 Å². The van der Waals surface area contributed by atoms with E-state index in [2.05, 4.69) is 43.0 Å². The normalized spacial score (nSPS) is 12.7. The van der Waals surface area contributed by atoms with Crippen LogP contribution >= 0.6 is 0 Å². The monoisotopic (exact) mass is 338 g/mol. The van der Waals surface area contributed by atoms with Crippen LogP contribution in [0.1, 0.15) is 41.0 Å². The summed E-state index contributed by atoms with van der Waals surface area (Å²) in [6.07, 6.45) is 0.474. The predicted molar refractivity (Wildman–Crippen MR) is 101 cm³/mol. The Balaban J connectivity index is 5.22. The van der Waals surface area contributed by atoms with E-state index in [1.807, 2.05) is 34.6 Å². The Morgan fingerprint density at radius 3 is 2.30 bits per heavy atom. The molecule has 5 heteroatoms. The number of carbonyl (C=O) groups excluding carboxylic acids is 1. The van der Waals surface area contributed by atoms with E-state index in [0.717, 1.165) is 12.1 Å². The molecule has 132 valence electrons. The van der Waals surface area contributed by atoms with Crippen molar-refractivity contribution in [3.63, 3.8) is 0 Å². The first kappa shape index (κ1) is 21.6. The molecule has 0 saturated heterocycles. The fourth-order valence-electron chi connectivity index (χ4n) is 1.78. The highest BCUT2D eigenvalue weighted by Crippen LogP contribution is 2.13. The zero-order valence-electron chi connectivity index (χ0n) is 16.2. The molecule has 0 fully saturated rings. The Morgan fingerprint density at radius 1 is 1.35 bits per heavy atom. The summed E-state index contributed by atoms with van der Waals surface area (Å²) in [5, 5.41) is 3.16. The van der Waals surface area contributed by atoms with Crippen molar-refractivity contribution >= 4 is 14.2 Å². The number of allylic oxidation sites excluding steroid dienone is 1. The third-order valence-corrected chi connectivity index (χ3v) is 3.68. The van der Waals surface area contributed by atoms with Crippen LogP contribution in [-0.4, -0.2) is 43.8 Å². The summed E-state index contributed by atoms with van der Waals surface area (Å²) in [5.74, 6) is 3.30. The van der Waals surface area contributed by atoms with Crippen LogP contribution in [0.5, 0.6) is 0 Å². The Hall–Kier alpha value is -1.41. The number of nitrogens with zero attached hydrogens (tertiary/aromatic N) is 1. The molecule has 0 aliphatic rings. The molecule has 0 aromatic heterocycles. The molecule has 0 heterocycles. The average Bonchev–Trinajstić information content (AvgIpc) is 2.33. The molecule has 0 saturated carbocycles. The van der Waals surface area contributed by atoms with Crippen LogP contribution in [0, 0.1) is 11.5 Å². The summed E-state index contributed by atoms with van der Waals surface area (Å²) in [6, 6.07) is -0.122. The van der Waals surface area contributed by atoms with Gasteiger partial charge < -0.3 is 10.1 Å². The van der Waals surface area contributed by atoms with Gasteiger partial charge in [0.25, 0.3) is 0 Å². The summed E-state index contributed by atoms with van der Waals surface area (Å²) in [4.78, 5) is 14.3. The van der Waals surface area contributed by atoms with Crippen molar-refractivity contribution in [3.05, 3.63) is 12.3 Å². The van der Waals surface area contributed by atoms with Gasteiger partial charge in [-0.25, -0.2) is 4.79 Å². The highest BCUT2D eigenvalue weighted by Gasteiger charge is 2.26. The van der Waals surface area contributed by atoms with Crippen LogP contribution in [0.4, 0.5) is 4.79 Å². The smallest absolute Gasteiger partial charge is 0.411 e. The lowest BCUT2D eigenvalue weighted by molar-refractivity contribution is 0.0206. The lowest BCUT2D eigenvalue weighted by Crippen LogP contribution is -2.45. The zero-order chi connectivity index (χ0) is 18.3. The Bertz CT molecular complexity index is 464. The van der Waals surface area contributed by atoms with Crippen molar-refractivity contribution in [2.75, 3.05) is 13.1 Å². The molecule has 23 heavy (non-hydrogen) atoms. The van der Waals surface area contributed by atoms with E-state index in [1.165, 1.54) is 0 Å². The molecule has 1 unspecified atom stereocenters. The summed E-state index contributed by atoms with van der Waals surface area (Å²) in [7, 11) is -1.48. The molecule has 0 aromatic rings. The Morgan fingerprint density at radius 2 is 1.91 bits per heavy atom. The Kier molecular flexibility index (Phi) is 8.47. The lowest BCUT2D eigenvalue weighted by Gasteiger charge is -2.31. The van der Waals surface area contributed by atoms with Gasteiger partial charge in [-0.05, 0) is 34.1 Å². The van der Waals surface area contributed by atoms with Gasteiger partial charge >= 0.3 is 6.09 Å². The molecule has 1 N–H and O–H groups in total. The van der Waals surface area contributed by atoms with E-state index < -0.39 is 13.7 Å². The molecular formula is C18H34N2O2Si. The fourth-order valence-corrected chi connectivity index (χ4v) is 2.38. The van der Waals surface area contributed by atoms with Gasteiger partial charge in [-0.3, -0.25) is 4.90 Å². The van der Waals surface area contributed by atoms with E-state index in [1.54, 1.807) is 4.90 Å². The predicted octanol–water partition coefficient (Wildman–Crippen LogP) is 4.01. The van der Waals surface area contributed by atoms with Crippen LogP contribution in [0.25, 0.3) is 0 Å². The molecule has 0 aliphatic heterocycles. The van der Waals surface area contributed by atoms with E-state index in [4.69, 9.17) is 4.74 Å². The molecule has 0 aromatic carbocycles. The highest BCUT2D eigenvalue weighted by atomic mass is 28.3. The van der Waals surface area contributed by atoms with Crippen molar-refractivity contribution in [2.45, 2.75) is 72.3 Å². The number of carbonyl (C=O) groups is 1. The van der Waals surface area contributed by atoms with E-state index in [9.17, 15) is 4.79 Å². The van der Waals surface area contributed by atoms with Crippen LogP contribution < -0.4 is 5.32 Å². The number of hydrogen-bond donors (Lipinski definition) is 1. The second kappa shape index (κ2) is 9.02. The molecule has 0 radical (unpaired) electrons. The number of amides is 1. The lowest BCUT2D eigenvalue weighted by atomic mass is 10.2. The topological polar surface area (TPSA) is 41.6 Å². The third-order valence-electron chi connectivity index (χ3n) is 2.78. The minimum atomic E-state index is -1.48. The first-order chi connectivity index (χ1) is 10.4. The molecule has 4 nitrogen and oxygen atoms in total. The van der Waals surface area contributed by atoms with E-state index in [0.29, 0.717) is 13.1 Å². The molecule has 0 rings (SSSR count). The number of nitrogens with one attached hydrogen (secondary N) is 1. The fraction of sp³-hybridized carbons (Fsp3) is 0.722. The minimum Gasteiger partial charge on any atom is -0.444 e. The highest BCUT2D eigenvalue weighted by molar-refractivity contribution is 6.83. The minimum absolute atomic E-state index is 0.122. The van der Waals surface area contributed by atoms with Crippen LogP contribution in [0.2, 0.25) is 19.6 Å². The maximum atomic E-state index is 12.6. The standard InChI is InChI=1S/C18H34N2O2Si/c1-10-16(11-14-23(7,8)9)20(13-12-19-15(2)3)17(21)22-18(4,5)6/h16,19H,2,10,12-13H2,1,3-9H3. The largest absolute Gasteiger partial charge is 0.444 e. The van der Waals surface area contributed by atoms with Gasteiger partial charge in [-0.1, -0.05) is 39.1 Å². The van der Waals surface area contributed by atoms with Crippen LogP contribution in [-0.2, 0) is 4.74 Å². The van der Waals surface area contributed by atoms with Crippen LogP contribution in [0.15, 0.2) is 12.3 Å². The van der Waals surface area contributed by atoms with E-state index in [-0.39, 0.29) is 12.1 Å². The maximum absolute atomic E-state index is 12.6. The molecule has 0 spiro atoms. The average molecular weight is 339 g/mol. The van der Waals surface area contributed by atoms with Crippen molar-refractivity contribution in [1.29, 1.82) is 0 Å². The summed E-state index contributed by atoms with van der Waals surface area (Å²) in [5.41, 5.74) is 3.74. The quantitative estimate of drug-likeness (QED) is 0.588. The first-order valence-corrected chi connectivity index (χ1v) is 11.8. The van der Waals surface area contributed by atoms with Gasteiger partial charge in [0.05, 0.1) is 6.04 Å². The summed E-state index contributed by atoms with van der Waals surface area (Å²) in [6.45, 7) is 21.2. The van der Waals surface area contributed by atoms with Crippen molar-refractivity contribution in [3.8, 4) is 11.5 Å². The van der Waals surface area contributed by atoms with Gasteiger partial charge in [-0.15, -0.1) is 5.54 Å². The second-order valence-corrected chi connectivity index (χ2v) is 12.6. The third kappa shape index (κ3) is 10.9. The molecule has 1 amide bonds. The summed E-state index contributed by atoms with van der Waals surface area (Å²) >= 11 is 0.